The number of anilines is 1. The molecule has 1 fully saturated rings. The number of nitrogens with zero attached hydrogens (tertiary/aromatic N) is 2. The van der Waals surface area contributed by atoms with Gasteiger partial charge in [0.05, 0.1) is 7.11 Å². The maximum absolute atomic E-state index is 14.3. The summed E-state index contributed by atoms with van der Waals surface area (Å²) in [6.07, 6.45) is 2.97. The average Bonchev–Trinajstić information content (AvgIpc) is 2.83. The van der Waals surface area contributed by atoms with Gasteiger partial charge in [-0.3, -0.25) is 4.79 Å². The molecule has 4 nitrogen and oxygen atoms in total. The maximum atomic E-state index is 14.3. The van der Waals surface area contributed by atoms with Crippen molar-refractivity contribution < 1.29 is 13.9 Å². The van der Waals surface area contributed by atoms with Crippen LogP contribution in [0.1, 0.15) is 15.9 Å². The molecule has 1 aliphatic heterocycles. The van der Waals surface area contributed by atoms with E-state index >= 15 is 0 Å². The second-order valence-electron chi connectivity index (χ2n) is 7.97. The van der Waals surface area contributed by atoms with E-state index in [0.717, 1.165) is 43.0 Å². The molecule has 0 atom stereocenters. The minimum atomic E-state index is -0.428. The number of methoxy groups -OCH3 is 1. The molecule has 4 rings (SSSR count). The van der Waals surface area contributed by atoms with E-state index in [-0.39, 0.29) is 5.78 Å². The Morgan fingerprint density at radius 3 is 2.41 bits per heavy atom. The van der Waals surface area contributed by atoms with E-state index in [9.17, 15) is 9.18 Å². The fourth-order valence-corrected chi connectivity index (χ4v) is 3.89. The molecular formula is C27H27FN2O2. The lowest BCUT2D eigenvalue weighted by molar-refractivity contribution is 0.104. The van der Waals surface area contributed by atoms with Crippen LogP contribution in [-0.4, -0.2) is 51.0 Å². The Bertz CT molecular complexity index is 1120. The van der Waals surface area contributed by atoms with Crippen LogP contribution in [0.15, 0.2) is 72.8 Å². The van der Waals surface area contributed by atoms with Crippen molar-refractivity contribution in [1.29, 1.82) is 0 Å². The molecule has 3 aromatic rings. The number of hydrogen-bond donors (Lipinski definition) is 0. The molecule has 0 aromatic heterocycles. The molecule has 0 radical (unpaired) electrons. The van der Waals surface area contributed by atoms with E-state index in [1.54, 1.807) is 12.1 Å². The van der Waals surface area contributed by atoms with Crippen LogP contribution in [0.4, 0.5) is 10.1 Å². The van der Waals surface area contributed by atoms with Gasteiger partial charge in [0.25, 0.3) is 0 Å². The highest BCUT2D eigenvalue weighted by molar-refractivity contribution is 6.11. The van der Waals surface area contributed by atoms with Gasteiger partial charge in [-0.05, 0) is 54.6 Å². The van der Waals surface area contributed by atoms with Gasteiger partial charge in [-0.25, -0.2) is 4.39 Å². The highest BCUT2D eigenvalue weighted by Gasteiger charge is 2.18. The summed E-state index contributed by atoms with van der Waals surface area (Å²) in [6.45, 7) is 3.81. The number of likely N-dealkylation sites (N-methyl/N-ethyl adjacent to an activating group) is 1. The number of allylic oxidation sites excluding steroid dienone is 1. The van der Waals surface area contributed by atoms with Gasteiger partial charge in [0.1, 0.15) is 11.6 Å². The van der Waals surface area contributed by atoms with Crippen molar-refractivity contribution in [3.8, 4) is 16.9 Å². The molecule has 0 spiro atoms. The van der Waals surface area contributed by atoms with Crippen LogP contribution in [0.5, 0.6) is 5.75 Å². The zero-order valence-corrected chi connectivity index (χ0v) is 18.4. The SMILES string of the molecule is COc1ccc(/C=C/C(=O)c2cc(N3CCN(C)CC3)ccc2-c2ccccc2)c(F)c1. The average molecular weight is 431 g/mol. The third-order valence-corrected chi connectivity index (χ3v) is 5.84. The molecule has 0 unspecified atom stereocenters. The van der Waals surface area contributed by atoms with Crippen LogP contribution >= 0.6 is 0 Å². The summed E-state index contributed by atoms with van der Waals surface area (Å²) in [5, 5.41) is 0. The van der Waals surface area contributed by atoms with Gasteiger partial charge in [0, 0.05) is 49.1 Å². The predicted molar refractivity (Wildman–Crippen MR) is 128 cm³/mol. The number of rotatable bonds is 6. The second-order valence-corrected chi connectivity index (χ2v) is 7.97. The van der Waals surface area contributed by atoms with Gasteiger partial charge in [-0.2, -0.15) is 0 Å². The molecule has 32 heavy (non-hydrogen) atoms. The topological polar surface area (TPSA) is 32.8 Å². The molecule has 164 valence electrons. The highest BCUT2D eigenvalue weighted by atomic mass is 19.1. The number of carbonyl (C=O) groups excluding carboxylic acids is 1. The van der Waals surface area contributed by atoms with Crippen molar-refractivity contribution >= 4 is 17.5 Å². The molecule has 0 amide bonds. The summed E-state index contributed by atoms with van der Waals surface area (Å²) in [4.78, 5) is 17.9. The number of halogens is 1. The molecule has 0 aliphatic carbocycles. The summed E-state index contributed by atoms with van der Waals surface area (Å²) in [7, 11) is 3.61. The van der Waals surface area contributed by atoms with Crippen LogP contribution in [-0.2, 0) is 0 Å². The van der Waals surface area contributed by atoms with Gasteiger partial charge in [-0.15, -0.1) is 0 Å². The first kappa shape index (κ1) is 21.8. The summed E-state index contributed by atoms with van der Waals surface area (Å²) >= 11 is 0. The van der Waals surface area contributed by atoms with Gasteiger partial charge in [0.15, 0.2) is 5.78 Å². The van der Waals surface area contributed by atoms with E-state index in [1.807, 2.05) is 42.5 Å². The quantitative estimate of drug-likeness (QED) is 0.400. The first-order chi connectivity index (χ1) is 15.5. The van der Waals surface area contributed by atoms with Crippen molar-refractivity contribution in [2.24, 2.45) is 0 Å². The first-order valence-electron chi connectivity index (χ1n) is 10.7. The second kappa shape index (κ2) is 9.79. The van der Waals surface area contributed by atoms with Crippen LogP contribution < -0.4 is 9.64 Å². The number of hydrogen-bond acceptors (Lipinski definition) is 4. The smallest absolute Gasteiger partial charge is 0.186 e. The standard InChI is InChI=1S/C27H27FN2O2/c1-29-14-16-30(17-15-29)22-10-12-24(20-6-4-3-5-7-20)25(18-22)27(31)13-9-21-8-11-23(32-2)19-26(21)28/h3-13,18-19H,14-17H2,1-2H3/b13-9+. The minimum absolute atomic E-state index is 0.157. The zero-order chi connectivity index (χ0) is 22.5. The molecular weight excluding hydrogens is 403 g/mol. The molecule has 0 bridgehead atoms. The summed E-state index contributed by atoms with van der Waals surface area (Å²) < 4.78 is 19.4. The van der Waals surface area contributed by atoms with Crippen molar-refractivity contribution in [2.75, 3.05) is 45.2 Å². The Kier molecular flexibility index (Phi) is 6.66. The first-order valence-corrected chi connectivity index (χ1v) is 10.7. The Morgan fingerprint density at radius 1 is 0.969 bits per heavy atom. The largest absolute Gasteiger partial charge is 0.497 e. The lowest BCUT2D eigenvalue weighted by Crippen LogP contribution is -2.44. The number of piperazine rings is 1. The van der Waals surface area contributed by atoms with Crippen molar-refractivity contribution in [1.82, 2.24) is 4.90 Å². The monoisotopic (exact) mass is 430 g/mol. The van der Waals surface area contributed by atoms with Gasteiger partial charge in [-0.1, -0.05) is 36.4 Å². The lowest BCUT2D eigenvalue weighted by atomic mass is 9.95. The highest BCUT2D eigenvalue weighted by Crippen LogP contribution is 2.29. The molecule has 3 aromatic carbocycles. The summed E-state index contributed by atoms with van der Waals surface area (Å²) in [5.74, 6) is -0.143. The molecule has 5 heteroatoms. The maximum Gasteiger partial charge on any atom is 0.186 e. The van der Waals surface area contributed by atoms with E-state index in [0.29, 0.717) is 16.9 Å². The number of ketones is 1. The molecule has 0 N–H and O–H groups in total. The normalized spacial score (nSPS) is 14.7. The molecule has 0 saturated carbocycles. The Hall–Kier alpha value is -3.44. The lowest BCUT2D eigenvalue weighted by Gasteiger charge is -2.34. The van der Waals surface area contributed by atoms with E-state index in [4.69, 9.17) is 4.74 Å². The third-order valence-electron chi connectivity index (χ3n) is 5.84. The molecule has 1 saturated heterocycles. The Balaban J connectivity index is 1.68. The van der Waals surface area contributed by atoms with E-state index in [1.165, 1.54) is 25.3 Å². The van der Waals surface area contributed by atoms with E-state index in [2.05, 4.69) is 22.9 Å². The van der Waals surface area contributed by atoms with Crippen molar-refractivity contribution in [2.45, 2.75) is 0 Å². The number of ether oxygens (including phenoxy) is 1. The number of benzene rings is 3. The van der Waals surface area contributed by atoms with Gasteiger partial charge in [0.2, 0.25) is 0 Å². The number of carbonyl (C=O) groups is 1. The van der Waals surface area contributed by atoms with Gasteiger partial charge >= 0.3 is 0 Å². The van der Waals surface area contributed by atoms with Crippen LogP contribution in [0.2, 0.25) is 0 Å². The fourth-order valence-electron chi connectivity index (χ4n) is 3.89. The summed E-state index contributed by atoms with van der Waals surface area (Å²) in [5.41, 5.74) is 3.83. The van der Waals surface area contributed by atoms with Crippen LogP contribution in [0.25, 0.3) is 17.2 Å². The Labute approximate surface area is 188 Å². The Morgan fingerprint density at radius 2 is 1.72 bits per heavy atom. The van der Waals surface area contributed by atoms with Crippen LogP contribution in [0.3, 0.4) is 0 Å². The van der Waals surface area contributed by atoms with E-state index < -0.39 is 5.82 Å². The molecule has 1 heterocycles. The predicted octanol–water partition coefficient (Wildman–Crippen LogP) is 5.15. The summed E-state index contributed by atoms with van der Waals surface area (Å²) in [6, 6.07) is 20.5. The van der Waals surface area contributed by atoms with Crippen molar-refractivity contribution in [3.63, 3.8) is 0 Å². The third kappa shape index (κ3) is 4.89. The van der Waals surface area contributed by atoms with Crippen LogP contribution in [0, 0.1) is 5.82 Å². The van der Waals surface area contributed by atoms with Crippen molar-refractivity contribution in [3.05, 3.63) is 89.8 Å². The fraction of sp³-hybridized carbons (Fsp3) is 0.222. The van der Waals surface area contributed by atoms with Gasteiger partial charge < -0.3 is 14.5 Å². The minimum Gasteiger partial charge on any atom is -0.497 e. The molecule has 1 aliphatic rings. The zero-order valence-electron chi connectivity index (χ0n) is 18.4.